The highest BCUT2D eigenvalue weighted by Gasteiger charge is 2.32. The van der Waals surface area contributed by atoms with Crippen LogP contribution in [0.5, 0.6) is 0 Å². The summed E-state index contributed by atoms with van der Waals surface area (Å²) in [5, 5.41) is 10.2. The molecule has 108 valence electrons. The first-order valence-electron chi connectivity index (χ1n) is 6.45. The molecule has 1 aromatic rings. The first-order valence-corrected chi connectivity index (χ1v) is 6.45. The summed E-state index contributed by atoms with van der Waals surface area (Å²) in [6.45, 7) is 2.88. The second-order valence-corrected chi connectivity index (χ2v) is 5.07. The van der Waals surface area contributed by atoms with Crippen molar-refractivity contribution in [3.8, 4) is 0 Å². The average Bonchev–Trinajstić information content (AvgIpc) is 2.72. The van der Waals surface area contributed by atoms with E-state index in [1.54, 1.807) is 6.20 Å². The molecule has 0 bridgehead atoms. The molecule has 0 radical (unpaired) electrons. The molecule has 1 aromatic heterocycles. The zero-order chi connectivity index (χ0) is 13.9. The van der Waals surface area contributed by atoms with Crippen molar-refractivity contribution in [1.82, 2.24) is 20.4 Å². The van der Waals surface area contributed by atoms with Crippen LogP contribution in [0, 0.1) is 6.92 Å². The lowest BCUT2D eigenvalue weighted by Crippen LogP contribution is -2.45. The highest BCUT2D eigenvalue weighted by atomic mass is 19.4. The normalized spacial score (nSPS) is 18.9. The molecule has 0 saturated carbocycles. The molecule has 2 heterocycles. The maximum Gasteiger partial charge on any atom is 0.401 e. The minimum absolute atomic E-state index is 0.291. The van der Waals surface area contributed by atoms with Gasteiger partial charge in [-0.05, 0) is 32.9 Å². The van der Waals surface area contributed by atoms with Crippen LogP contribution in [0.4, 0.5) is 13.2 Å². The van der Waals surface area contributed by atoms with Crippen molar-refractivity contribution in [3.63, 3.8) is 0 Å². The average molecular weight is 276 g/mol. The molecule has 0 aromatic carbocycles. The number of piperidine rings is 1. The minimum atomic E-state index is -4.09. The number of hydrogen-bond acceptors (Lipinski definition) is 3. The molecule has 0 atom stereocenters. The van der Waals surface area contributed by atoms with Crippen LogP contribution in [0.3, 0.4) is 0 Å². The minimum Gasteiger partial charge on any atom is -0.310 e. The molecule has 19 heavy (non-hydrogen) atoms. The fourth-order valence-electron chi connectivity index (χ4n) is 2.36. The van der Waals surface area contributed by atoms with E-state index in [0.717, 1.165) is 24.1 Å². The molecule has 1 aliphatic rings. The Labute approximate surface area is 110 Å². The van der Waals surface area contributed by atoms with Crippen LogP contribution in [0.1, 0.15) is 24.1 Å². The van der Waals surface area contributed by atoms with Crippen molar-refractivity contribution >= 4 is 0 Å². The number of aromatic amines is 1. The van der Waals surface area contributed by atoms with Crippen LogP contribution < -0.4 is 5.32 Å². The summed E-state index contributed by atoms with van der Waals surface area (Å²) in [6.07, 6.45) is -0.796. The van der Waals surface area contributed by atoms with E-state index in [1.807, 2.05) is 6.92 Å². The van der Waals surface area contributed by atoms with Crippen LogP contribution in [0.15, 0.2) is 6.20 Å². The smallest absolute Gasteiger partial charge is 0.310 e. The Morgan fingerprint density at radius 3 is 2.63 bits per heavy atom. The number of H-pyrrole nitrogens is 1. The zero-order valence-electron chi connectivity index (χ0n) is 10.9. The lowest BCUT2D eigenvalue weighted by Gasteiger charge is -2.32. The monoisotopic (exact) mass is 276 g/mol. The van der Waals surface area contributed by atoms with E-state index in [-0.39, 0.29) is 0 Å². The van der Waals surface area contributed by atoms with Gasteiger partial charge < -0.3 is 5.32 Å². The fourth-order valence-corrected chi connectivity index (χ4v) is 2.36. The van der Waals surface area contributed by atoms with E-state index in [2.05, 4.69) is 15.5 Å². The topological polar surface area (TPSA) is 44.0 Å². The van der Waals surface area contributed by atoms with Crippen molar-refractivity contribution in [2.45, 2.75) is 38.5 Å². The standard InChI is InChI=1S/C12H19F3N4/c1-9-10(7-17-18-9)6-16-11-2-4-19(5-3-11)8-12(13,14)15/h7,11,16H,2-6,8H2,1H3,(H,17,18). The first-order chi connectivity index (χ1) is 8.94. The van der Waals surface area contributed by atoms with Gasteiger partial charge in [-0.3, -0.25) is 10.00 Å². The van der Waals surface area contributed by atoms with Gasteiger partial charge in [0.2, 0.25) is 0 Å². The van der Waals surface area contributed by atoms with E-state index in [1.165, 1.54) is 4.90 Å². The molecule has 7 heteroatoms. The highest BCUT2D eigenvalue weighted by molar-refractivity contribution is 5.13. The number of nitrogens with zero attached hydrogens (tertiary/aromatic N) is 2. The summed E-state index contributed by atoms with van der Waals surface area (Å²) >= 11 is 0. The Kier molecular flexibility index (Phi) is 4.46. The van der Waals surface area contributed by atoms with Crippen LogP contribution in [-0.2, 0) is 6.54 Å². The molecule has 4 nitrogen and oxygen atoms in total. The lowest BCUT2D eigenvalue weighted by atomic mass is 10.0. The number of likely N-dealkylation sites (tertiary alicyclic amines) is 1. The summed E-state index contributed by atoms with van der Waals surface area (Å²) < 4.78 is 36.7. The number of aryl methyl sites for hydroxylation is 1. The maximum absolute atomic E-state index is 12.2. The summed E-state index contributed by atoms with van der Waals surface area (Å²) in [6, 6.07) is 0.291. The third-order valence-corrected chi connectivity index (χ3v) is 3.51. The second kappa shape index (κ2) is 5.92. The highest BCUT2D eigenvalue weighted by Crippen LogP contribution is 2.20. The van der Waals surface area contributed by atoms with E-state index >= 15 is 0 Å². The van der Waals surface area contributed by atoms with Crippen molar-refractivity contribution in [2.24, 2.45) is 0 Å². The Morgan fingerprint density at radius 1 is 1.42 bits per heavy atom. The van der Waals surface area contributed by atoms with Gasteiger partial charge in [0, 0.05) is 23.8 Å². The predicted molar refractivity (Wildman–Crippen MR) is 65.7 cm³/mol. The van der Waals surface area contributed by atoms with Crippen LogP contribution in [0.25, 0.3) is 0 Å². The number of nitrogens with one attached hydrogen (secondary N) is 2. The molecule has 0 amide bonds. The molecule has 1 fully saturated rings. The van der Waals surface area contributed by atoms with Gasteiger partial charge in [-0.1, -0.05) is 0 Å². The largest absolute Gasteiger partial charge is 0.401 e. The molecule has 2 N–H and O–H groups in total. The van der Waals surface area contributed by atoms with Crippen molar-refractivity contribution < 1.29 is 13.2 Å². The van der Waals surface area contributed by atoms with E-state index < -0.39 is 12.7 Å². The number of rotatable bonds is 4. The van der Waals surface area contributed by atoms with Gasteiger partial charge in [-0.2, -0.15) is 18.3 Å². The molecule has 0 spiro atoms. The summed E-state index contributed by atoms with van der Waals surface area (Å²) in [5.74, 6) is 0. The predicted octanol–water partition coefficient (Wildman–Crippen LogP) is 1.83. The summed E-state index contributed by atoms with van der Waals surface area (Å²) in [7, 11) is 0. The SMILES string of the molecule is Cc1[nH]ncc1CNC1CCN(CC(F)(F)F)CC1. The van der Waals surface area contributed by atoms with Crippen LogP contribution in [-0.4, -0.2) is 46.9 Å². The molecular formula is C12H19F3N4. The van der Waals surface area contributed by atoms with Gasteiger partial charge in [0.25, 0.3) is 0 Å². The summed E-state index contributed by atoms with van der Waals surface area (Å²) in [5.41, 5.74) is 2.14. The van der Waals surface area contributed by atoms with Crippen molar-refractivity contribution in [2.75, 3.05) is 19.6 Å². The molecule has 0 unspecified atom stereocenters. The Bertz CT molecular complexity index is 394. The van der Waals surface area contributed by atoms with E-state index in [9.17, 15) is 13.2 Å². The zero-order valence-corrected chi connectivity index (χ0v) is 10.9. The lowest BCUT2D eigenvalue weighted by molar-refractivity contribution is -0.148. The van der Waals surface area contributed by atoms with Gasteiger partial charge in [0.1, 0.15) is 0 Å². The molecule has 0 aliphatic carbocycles. The summed E-state index contributed by atoms with van der Waals surface area (Å²) in [4.78, 5) is 1.47. The Morgan fingerprint density at radius 2 is 2.11 bits per heavy atom. The van der Waals surface area contributed by atoms with Crippen molar-refractivity contribution in [3.05, 3.63) is 17.5 Å². The van der Waals surface area contributed by atoms with Gasteiger partial charge in [0.15, 0.2) is 0 Å². The van der Waals surface area contributed by atoms with Crippen LogP contribution in [0.2, 0.25) is 0 Å². The van der Waals surface area contributed by atoms with Gasteiger partial charge in [0.05, 0.1) is 12.7 Å². The number of aromatic nitrogens is 2. The van der Waals surface area contributed by atoms with Crippen molar-refractivity contribution in [1.29, 1.82) is 0 Å². The van der Waals surface area contributed by atoms with Crippen LogP contribution >= 0.6 is 0 Å². The Hall–Kier alpha value is -1.08. The number of hydrogen-bond donors (Lipinski definition) is 2. The third kappa shape index (κ3) is 4.50. The van der Waals surface area contributed by atoms with Gasteiger partial charge >= 0.3 is 6.18 Å². The number of halogens is 3. The quantitative estimate of drug-likeness (QED) is 0.882. The van der Waals surface area contributed by atoms with Gasteiger partial charge in [-0.15, -0.1) is 0 Å². The number of alkyl halides is 3. The van der Waals surface area contributed by atoms with E-state index in [4.69, 9.17) is 0 Å². The maximum atomic E-state index is 12.2. The molecule has 2 rings (SSSR count). The van der Waals surface area contributed by atoms with Gasteiger partial charge in [-0.25, -0.2) is 0 Å². The fraction of sp³-hybridized carbons (Fsp3) is 0.750. The Balaban J connectivity index is 1.70. The van der Waals surface area contributed by atoms with E-state index in [0.29, 0.717) is 25.7 Å². The molecule has 1 aliphatic heterocycles. The molecular weight excluding hydrogens is 257 g/mol. The second-order valence-electron chi connectivity index (χ2n) is 5.07. The first kappa shape index (κ1) is 14.3. The third-order valence-electron chi connectivity index (χ3n) is 3.51. The molecule has 1 saturated heterocycles.